The molecule has 0 bridgehead atoms. The lowest BCUT2D eigenvalue weighted by Gasteiger charge is -2.15. The highest BCUT2D eigenvalue weighted by Gasteiger charge is 2.10. The van der Waals surface area contributed by atoms with Gasteiger partial charge in [-0.2, -0.15) is 0 Å². The van der Waals surface area contributed by atoms with Crippen molar-refractivity contribution in [2.24, 2.45) is 0 Å². The molecule has 0 radical (unpaired) electrons. The Morgan fingerprint density at radius 1 is 1.18 bits per heavy atom. The van der Waals surface area contributed by atoms with E-state index in [1.807, 2.05) is 6.07 Å². The molecule has 0 amide bonds. The van der Waals surface area contributed by atoms with Crippen LogP contribution < -0.4 is 5.32 Å². The Bertz CT molecular complexity index is 362. The maximum Gasteiger partial charge on any atom is 0.161 e. The number of para-hydroxylation sites is 1. The van der Waals surface area contributed by atoms with Crippen molar-refractivity contribution in [1.82, 2.24) is 10.2 Å². The van der Waals surface area contributed by atoms with Crippen molar-refractivity contribution in [2.45, 2.75) is 19.4 Å². The number of hydrogen-bond donors (Lipinski definition) is 3. The van der Waals surface area contributed by atoms with E-state index < -0.39 is 0 Å². The van der Waals surface area contributed by atoms with E-state index >= 15 is 0 Å². The molecule has 1 fully saturated rings. The average molecular weight is 236 g/mol. The van der Waals surface area contributed by atoms with E-state index in [4.69, 9.17) is 0 Å². The summed E-state index contributed by atoms with van der Waals surface area (Å²) in [5.41, 5.74) is 0.742. The molecule has 0 saturated carbocycles. The highest BCUT2D eigenvalue weighted by molar-refractivity contribution is 5.44. The Hall–Kier alpha value is -1.26. The summed E-state index contributed by atoms with van der Waals surface area (Å²) < 4.78 is 0. The molecule has 17 heavy (non-hydrogen) atoms. The van der Waals surface area contributed by atoms with Gasteiger partial charge in [-0.25, -0.2) is 0 Å². The molecule has 1 aromatic rings. The minimum absolute atomic E-state index is 0.0128. The van der Waals surface area contributed by atoms with Gasteiger partial charge in [0.05, 0.1) is 0 Å². The molecule has 94 valence electrons. The Morgan fingerprint density at radius 3 is 2.71 bits per heavy atom. The molecule has 4 heteroatoms. The van der Waals surface area contributed by atoms with Crippen LogP contribution in [0, 0.1) is 0 Å². The molecule has 0 atom stereocenters. The number of nitrogens with zero attached hydrogens (tertiary/aromatic N) is 1. The molecule has 1 aromatic carbocycles. The molecule has 0 unspecified atom stereocenters. The van der Waals surface area contributed by atoms with E-state index in [2.05, 4.69) is 10.2 Å². The standard InChI is InChI=1S/C13H20N2O2/c16-12-5-3-4-11(13(12)17)10-14-6-9-15-7-1-2-8-15/h3-5,14,16-17H,1-2,6-10H2. The van der Waals surface area contributed by atoms with Gasteiger partial charge in [0.25, 0.3) is 0 Å². The van der Waals surface area contributed by atoms with Crippen LogP contribution in [0.4, 0.5) is 0 Å². The van der Waals surface area contributed by atoms with Crippen molar-refractivity contribution in [3.63, 3.8) is 0 Å². The van der Waals surface area contributed by atoms with Crippen LogP contribution in [0.3, 0.4) is 0 Å². The van der Waals surface area contributed by atoms with Crippen molar-refractivity contribution in [1.29, 1.82) is 0 Å². The van der Waals surface area contributed by atoms with E-state index in [1.54, 1.807) is 6.07 Å². The number of phenols is 2. The second kappa shape index (κ2) is 5.89. The summed E-state index contributed by atoms with van der Waals surface area (Å²) in [6.07, 6.45) is 2.63. The minimum Gasteiger partial charge on any atom is -0.504 e. The number of hydrogen-bond acceptors (Lipinski definition) is 4. The third-order valence-electron chi connectivity index (χ3n) is 3.22. The van der Waals surface area contributed by atoms with Gasteiger partial charge in [-0.05, 0) is 32.0 Å². The average Bonchev–Trinajstić information content (AvgIpc) is 2.83. The minimum atomic E-state index is -0.0520. The Balaban J connectivity index is 1.72. The molecule has 1 aliphatic heterocycles. The lowest BCUT2D eigenvalue weighted by molar-refractivity contribution is 0.334. The first-order valence-electron chi connectivity index (χ1n) is 6.20. The molecule has 0 aliphatic carbocycles. The predicted octanol–water partition coefficient (Wildman–Crippen LogP) is 1.28. The van der Waals surface area contributed by atoms with Gasteiger partial charge in [-0.15, -0.1) is 0 Å². The normalized spacial score (nSPS) is 16.5. The van der Waals surface area contributed by atoms with E-state index in [0.717, 1.165) is 18.7 Å². The monoisotopic (exact) mass is 236 g/mol. The second-order valence-electron chi connectivity index (χ2n) is 4.51. The van der Waals surface area contributed by atoms with Gasteiger partial charge in [0.2, 0.25) is 0 Å². The third-order valence-corrected chi connectivity index (χ3v) is 3.22. The van der Waals surface area contributed by atoms with E-state index in [1.165, 1.54) is 32.0 Å². The summed E-state index contributed by atoms with van der Waals surface area (Å²) in [4.78, 5) is 2.44. The Kier molecular flexibility index (Phi) is 4.23. The molecule has 0 aromatic heterocycles. The lowest BCUT2D eigenvalue weighted by atomic mass is 10.2. The first-order chi connectivity index (χ1) is 8.27. The van der Waals surface area contributed by atoms with Gasteiger partial charge in [0.15, 0.2) is 11.5 Å². The molecule has 1 aliphatic rings. The zero-order chi connectivity index (χ0) is 12.1. The number of phenolic OH excluding ortho intramolecular Hbond substituents is 2. The maximum atomic E-state index is 9.61. The smallest absolute Gasteiger partial charge is 0.161 e. The number of rotatable bonds is 5. The lowest BCUT2D eigenvalue weighted by Crippen LogP contribution is -2.29. The Morgan fingerprint density at radius 2 is 1.94 bits per heavy atom. The highest BCUT2D eigenvalue weighted by atomic mass is 16.3. The number of aromatic hydroxyl groups is 2. The molecule has 2 rings (SSSR count). The van der Waals surface area contributed by atoms with Gasteiger partial charge < -0.3 is 20.4 Å². The number of benzene rings is 1. The fourth-order valence-electron chi connectivity index (χ4n) is 2.19. The van der Waals surface area contributed by atoms with Crippen LogP contribution in [0.2, 0.25) is 0 Å². The van der Waals surface area contributed by atoms with Crippen LogP contribution >= 0.6 is 0 Å². The first kappa shape index (κ1) is 12.2. The maximum absolute atomic E-state index is 9.61. The van der Waals surface area contributed by atoms with E-state index in [9.17, 15) is 10.2 Å². The zero-order valence-corrected chi connectivity index (χ0v) is 10.0. The fourth-order valence-corrected chi connectivity index (χ4v) is 2.19. The van der Waals surface area contributed by atoms with Gasteiger partial charge in [0, 0.05) is 25.2 Å². The molecule has 0 spiro atoms. The summed E-state index contributed by atoms with van der Waals surface area (Å²) >= 11 is 0. The van der Waals surface area contributed by atoms with Crippen LogP contribution in [0.1, 0.15) is 18.4 Å². The second-order valence-corrected chi connectivity index (χ2v) is 4.51. The quantitative estimate of drug-likeness (QED) is 0.532. The molecular formula is C13H20N2O2. The third kappa shape index (κ3) is 3.35. The topological polar surface area (TPSA) is 55.7 Å². The van der Waals surface area contributed by atoms with Gasteiger partial charge in [0.1, 0.15) is 0 Å². The number of nitrogens with one attached hydrogen (secondary N) is 1. The summed E-state index contributed by atoms with van der Waals surface area (Å²) in [6.45, 7) is 4.97. The van der Waals surface area contributed by atoms with E-state index in [0.29, 0.717) is 6.54 Å². The predicted molar refractivity (Wildman–Crippen MR) is 67.2 cm³/mol. The molecule has 1 saturated heterocycles. The summed E-state index contributed by atoms with van der Waals surface area (Å²) in [5.74, 6) is -0.0648. The zero-order valence-electron chi connectivity index (χ0n) is 10.0. The molecule has 4 nitrogen and oxygen atoms in total. The van der Waals surface area contributed by atoms with Crippen molar-refractivity contribution in [3.8, 4) is 11.5 Å². The first-order valence-corrected chi connectivity index (χ1v) is 6.20. The van der Waals surface area contributed by atoms with Crippen molar-refractivity contribution >= 4 is 0 Å². The van der Waals surface area contributed by atoms with Gasteiger partial charge >= 0.3 is 0 Å². The molecule has 1 heterocycles. The van der Waals surface area contributed by atoms with Crippen LogP contribution in [-0.4, -0.2) is 41.3 Å². The van der Waals surface area contributed by atoms with Crippen LogP contribution in [0.15, 0.2) is 18.2 Å². The number of likely N-dealkylation sites (tertiary alicyclic amines) is 1. The highest BCUT2D eigenvalue weighted by Crippen LogP contribution is 2.27. The molecular weight excluding hydrogens is 216 g/mol. The summed E-state index contributed by atoms with van der Waals surface area (Å²) in [7, 11) is 0. The fraction of sp³-hybridized carbons (Fsp3) is 0.538. The summed E-state index contributed by atoms with van der Waals surface area (Å²) in [6, 6.07) is 5.05. The Labute approximate surface area is 102 Å². The van der Waals surface area contributed by atoms with Crippen LogP contribution in [0.25, 0.3) is 0 Å². The SMILES string of the molecule is Oc1cccc(CNCCN2CCCC2)c1O. The van der Waals surface area contributed by atoms with E-state index in [-0.39, 0.29) is 11.5 Å². The largest absolute Gasteiger partial charge is 0.504 e. The van der Waals surface area contributed by atoms with Gasteiger partial charge in [-0.3, -0.25) is 0 Å². The molecule has 3 N–H and O–H groups in total. The van der Waals surface area contributed by atoms with Crippen molar-refractivity contribution < 1.29 is 10.2 Å². The van der Waals surface area contributed by atoms with Crippen LogP contribution in [-0.2, 0) is 6.54 Å². The van der Waals surface area contributed by atoms with Crippen molar-refractivity contribution in [2.75, 3.05) is 26.2 Å². The summed E-state index contributed by atoms with van der Waals surface area (Å²) in [5, 5.41) is 22.2. The van der Waals surface area contributed by atoms with Crippen molar-refractivity contribution in [3.05, 3.63) is 23.8 Å². The van der Waals surface area contributed by atoms with Crippen LogP contribution in [0.5, 0.6) is 11.5 Å². The van der Waals surface area contributed by atoms with Gasteiger partial charge in [-0.1, -0.05) is 12.1 Å².